The average molecular weight is 288 g/mol. The molecule has 1 N–H and O–H groups in total. The lowest BCUT2D eigenvalue weighted by Gasteiger charge is -2.45. The van der Waals surface area contributed by atoms with Gasteiger partial charge in [-0.15, -0.1) is 0 Å². The zero-order chi connectivity index (χ0) is 14.8. The van der Waals surface area contributed by atoms with Crippen LogP contribution in [0.3, 0.4) is 0 Å². The van der Waals surface area contributed by atoms with Crippen molar-refractivity contribution in [2.24, 2.45) is 0 Å². The van der Waals surface area contributed by atoms with Crippen LogP contribution in [0, 0.1) is 0 Å². The molecule has 3 nitrogen and oxygen atoms in total. The number of fused-ring (bicyclic) bond motifs is 1. The summed E-state index contributed by atoms with van der Waals surface area (Å²) < 4.78 is 5.38. The maximum absolute atomic E-state index is 5.38. The fourth-order valence-corrected chi connectivity index (χ4v) is 4.22. The van der Waals surface area contributed by atoms with Crippen LogP contribution in [0.5, 0.6) is 5.75 Å². The van der Waals surface area contributed by atoms with Crippen molar-refractivity contribution in [2.45, 2.75) is 57.2 Å². The number of likely N-dealkylation sites (tertiary alicyclic amines) is 1. The molecule has 3 heteroatoms. The molecular weight excluding hydrogens is 260 g/mol. The number of methoxy groups -OCH3 is 1. The minimum Gasteiger partial charge on any atom is -0.497 e. The molecule has 116 valence electrons. The second-order valence-electron chi connectivity index (χ2n) is 6.52. The van der Waals surface area contributed by atoms with Crippen LogP contribution < -0.4 is 10.1 Å². The van der Waals surface area contributed by atoms with Crippen molar-refractivity contribution < 1.29 is 4.74 Å². The molecule has 0 radical (unpaired) electrons. The standard InChI is InChI=1S/C18H28N2O/c1-13-6-4-5-11-20(13)17-10-7-14-12-15(21-3)8-9-16(14)18(17)19-2/h8-9,12-13,17-19H,4-7,10-11H2,1-3H3. The minimum absolute atomic E-state index is 0.445. The first-order valence-corrected chi connectivity index (χ1v) is 8.34. The summed E-state index contributed by atoms with van der Waals surface area (Å²) in [6, 6.07) is 8.38. The number of hydrogen-bond acceptors (Lipinski definition) is 3. The van der Waals surface area contributed by atoms with E-state index in [1.165, 1.54) is 49.8 Å². The number of hydrogen-bond donors (Lipinski definition) is 1. The lowest BCUT2D eigenvalue weighted by atomic mass is 9.81. The molecule has 0 saturated carbocycles. The van der Waals surface area contributed by atoms with Crippen molar-refractivity contribution in [1.29, 1.82) is 0 Å². The highest BCUT2D eigenvalue weighted by Crippen LogP contribution is 2.37. The number of nitrogens with one attached hydrogen (secondary N) is 1. The Labute approximate surface area is 128 Å². The molecule has 3 unspecified atom stereocenters. The van der Waals surface area contributed by atoms with E-state index in [-0.39, 0.29) is 0 Å². The van der Waals surface area contributed by atoms with Crippen molar-refractivity contribution in [1.82, 2.24) is 10.2 Å². The predicted molar refractivity (Wildman–Crippen MR) is 86.9 cm³/mol. The number of benzene rings is 1. The van der Waals surface area contributed by atoms with Gasteiger partial charge in [0.15, 0.2) is 0 Å². The topological polar surface area (TPSA) is 24.5 Å². The third kappa shape index (κ3) is 2.82. The molecule has 0 bridgehead atoms. The Hall–Kier alpha value is -1.06. The van der Waals surface area contributed by atoms with Gasteiger partial charge in [-0.1, -0.05) is 12.5 Å². The van der Waals surface area contributed by atoms with E-state index in [0.717, 1.165) is 11.8 Å². The van der Waals surface area contributed by atoms with Crippen molar-refractivity contribution in [2.75, 3.05) is 20.7 Å². The van der Waals surface area contributed by atoms with Gasteiger partial charge in [-0.25, -0.2) is 0 Å². The smallest absolute Gasteiger partial charge is 0.119 e. The monoisotopic (exact) mass is 288 g/mol. The summed E-state index contributed by atoms with van der Waals surface area (Å²) in [4.78, 5) is 2.75. The molecule has 1 heterocycles. The predicted octanol–water partition coefficient (Wildman–Crippen LogP) is 3.14. The second-order valence-corrected chi connectivity index (χ2v) is 6.52. The number of rotatable bonds is 3. The first-order valence-electron chi connectivity index (χ1n) is 8.34. The Kier molecular flexibility index (Phi) is 4.51. The maximum Gasteiger partial charge on any atom is 0.119 e. The van der Waals surface area contributed by atoms with Crippen LogP contribution in [0.1, 0.15) is 49.8 Å². The summed E-state index contributed by atoms with van der Waals surface area (Å²) in [5.41, 5.74) is 2.92. The van der Waals surface area contributed by atoms with E-state index >= 15 is 0 Å². The summed E-state index contributed by atoms with van der Waals surface area (Å²) in [6.07, 6.45) is 6.51. The highest BCUT2D eigenvalue weighted by Gasteiger charge is 2.35. The van der Waals surface area contributed by atoms with Gasteiger partial charge in [0.2, 0.25) is 0 Å². The fourth-order valence-electron chi connectivity index (χ4n) is 4.22. The van der Waals surface area contributed by atoms with Gasteiger partial charge in [-0.05, 0) is 69.5 Å². The Morgan fingerprint density at radius 3 is 2.81 bits per heavy atom. The Morgan fingerprint density at radius 2 is 2.10 bits per heavy atom. The molecule has 1 aliphatic heterocycles. The van der Waals surface area contributed by atoms with Crippen LogP contribution in [0.4, 0.5) is 0 Å². The van der Waals surface area contributed by atoms with Gasteiger partial charge >= 0.3 is 0 Å². The van der Waals surface area contributed by atoms with Gasteiger partial charge in [-0.3, -0.25) is 4.90 Å². The van der Waals surface area contributed by atoms with E-state index in [1.807, 2.05) is 0 Å². The van der Waals surface area contributed by atoms with E-state index in [1.54, 1.807) is 7.11 Å². The molecule has 1 aromatic carbocycles. The third-order valence-electron chi connectivity index (χ3n) is 5.37. The van der Waals surface area contributed by atoms with Crippen molar-refractivity contribution >= 4 is 0 Å². The molecule has 0 aromatic heterocycles. The number of likely N-dealkylation sites (N-methyl/N-ethyl adjacent to an activating group) is 1. The normalized spacial score (nSPS) is 30.0. The summed E-state index contributed by atoms with van der Waals surface area (Å²) in [5.74, 6) is 0.980. The fraction of sp³-hybridized carbons (Fsp3) is 0.667. The molecule has 2 aliphatic rings. The molecule has 21 heavy (non-hydrogen) atoms. The first kappa shape index (κ1) is 14.9. The van der Waals surface area contributed by atoms with Crippen LogP contribution in [0.15, 0.2) is 18.2 Å². The summed E-state index contributed by atoms with van der Waals surface area (Å²) in [6.45, 7) is 3.66. The number of ether oxygens (including phenoxy) is 1. The Balaban J connectivity index is 1.87. The van der Waals surface area contributed by atoms with Crippen LogP contribution in [-0.2, 0) is 6.42 Å². The first-order chi connectivity index (χ1) is 10.2. The lowest BCUT2D eigenvalue weighted by molar-refractivity contribution is 0.0726. The second kappa shape index (κ2) is 6.37. The molecule has 0 amide bonds. The summed E-state index contributed by atoms with van der Waals surface area (Å²) in [7, 11) is 3.85. The largest absolute Gasteiger partial charge is 0.497 e. The average Bonchev–Trinajstić information content (AvgIpc) is 2.53. The van der Waals surface area contributed by atoms with Crippen LogP contribution in [-0.4, -0.2) is 37.7 Å². The highest BCUT2D eigenvalue weighted by atomic mass is 16.5. The Morgan fingerprint density at radius 1 is 1.24 bits per heavy atom. The zero-order valence-electron chi connectivity index (χ0n) is 13.6. The Bertz CT molecular complexity index is 488. The van der Waals surface area contributed by atoms with Crippen LogP contribution >= 0.6 is 0 Å². The van der Waals surface area contributed by atoms with Crippen LogP contribution in [0.2, 0.25) is 0 Å². The molecule has 1 fully saturated rings. The lowest BCUT2D eigenvalue weighted by Crippen LogP contribution is -2.51. The van der Waals surface area contributed by atoms with E-state index in [2.05, 4.69) is 42.4 Å². The number of piperidine rings is 1. The van der Waals surface area contributed by atoms with Crippen molar-refractivity contribution in [3.05, 3.63) is 29.3 Å². The van der Waals surface area contributed by atoms with Gasteiger partial charge in [0, 0.05) is 18.1 Å². The zero-order valence-corrected chi connectivity index (χ0v) is 13.6. The molecule has 1 aliphatic carbocycles. The van der Waals surface area contributed by atoms with Gasteiger partial charge in [-0.2, -0.15) is 0 Å². The highest BCUT2D eigenvalue weighted by molar-refractivity contribution is 5.40. The molecular formula is C18H28N2O. The SMILES string of the molecule is CNC1c2ccc(OC)cc2CCC1N1CCCCC1C. The van der Waals surface area contributed by atoms with Gasteiger partial charge in [0.1, 0.15) is 5.75 Å². The quantitative estimate of drug-likeness (QED) is 0.925. The van der Waals surface area contributed by atoms with Gasteiger partial charge in [0.25, 0.3) is 0 Å². The van der Waals surface area contributed by atoms with Crippen molar-refractivity contribution in [3.8, 4) is 5.75 Å². The summed E-state index contributed by atoms with van der Waals surface area (Å²) >= 11 is 0. The number of nitrogens with zero attached hydrogens (tertiary/aromatic N) is 1. The molecule has 3 atom stereocenters. The van der Waals surface area contributed by atoms with Gasteiger partial charge < -0.3 is 10.1 Å². The molecule has 1 aromatic rings. The van der Waals surface area contributed by atoms with Crippen molar-refractivity contribution in [3.63, 3.8) is 0 Å². The third-order valence-corrected chi connectivity index (χ3v) is 5.37. The summed E-state index contributed by atoms with van der Waals surface area (Å²) in [5, 5.41) is 3.58. The van der Waals surface area contributed by atoms with E-state index in [0.29, 0.717) is 12.1 Å². The van der Waals surface area contributed by atoms with E-state index in [9.17, 15) is 0 Å². The molecule has 3 rings (SSSR count). The van der Waals surface area contributed by atoms with Gasteiger partial charge in [0.05, 0.1) is 7.11 Å². The minimum atomic E-state index is 0.445. The number of aryl methyl sites for hydroxylation is 1. The van der Waals surface area contributed by atoms with E-state index < -0.39 is 0 Å². The maximum atomic E-state index is 5.38. The van der Waals surface area contributed by atoms with E-state index in [4.69, 9.17) is 4.74 Å². The molecule has 1 saturated heterocycles. The molecule has 0 spiro atoms. The van der Waals surface area contributed by atoms with Crippen LogP contribution in [0.25, 0.3) is 0 Å².